The Labute approximate surface area is 134 Å². The van der Waals surface area contributed by atoms with Crippen LogP contribution in [0.15, 0.2) is 33.9 Å². The van der Waals surface area contributed by atoms with E-state index in [0.29, 0.717) is 11.1 Å². The Morgan fingerprint density at radius 2 is 2.05 bits per heavy atom. The molecule has 6 heteroatoms. The van der Waals surface area contributed by atoms with Crippen molar-refractivity contribution < 1.29 is 9.21 Å². The average molecular weight is 319 g/mol. The third-order valence-corrected chi connectivity index (χ3v) is 3.98. The third-order valence-electron chi connectivity index (χ3n) is 3.16. The largest absolute Gasteiger partial charge is 0.411 e. The molecular weight excluding hydrogens is 298 g/mol. The van der Waals surface area contributed by atoms with Crippen LogP contribution in [0.1, 0.15) is 32.3 Å². The number of nitrogens with one attached hydrogen (secondary N) is 1. The highest BCUT2D eigenvalue weighted by Gasteiger charge is 2.12. The predicted octanol–water partition coefficient (Wildman–Crippen LogP) is 3.44. The molecule has 1 unspecified atom stereocenters. The van der Waals surface area contributed by atoms with Crippen LogP contribution in [0.5, 0.6) is 0 Å². The minimum absolute atomic E-state index is 0.0129. The van der Waals surface area contributed by atoms with Gasteiger partial charge in [0.15, 0.2) is 0 Å². The lowest BCUT2D eigenvalue weighted by atomic mass is 10.1. The number of hydrogen-bond donors (Lipinski definition) is 1. The van der Waals surface area contributed by atoms with Crippen LogP contribution in [0.4, 0.5) is 0 Å². The van der Waals surface area contributed by atoms with Crippen molar-refractivity contribution in [2.75, 3.05) is 5.75 Å². The minimum Gasteiger partial charge on any atom is -0.411 e. The Hall–Kier alpha value is -1.82. The number of rotatable bonds is 7. The summed E-state index contributed by atoms with van der Waals surface area (Å²) in [5.41, 5.74) is 2.06. The van der Waals surface area contributed by atoms with Gasteiger partial charge in [0.2, 0.25) is 11.8 Å². The van der Waals surface area contributed by atoms with Crippen LogP contribution in [-0.2, 0) is 4.79 Å². The number of aromatic nitrogens is 2. The van der Waals surface area contributed by atoms with Gasteiger partial charge in [0.25, 0.3) is 5.22 Å². The van der Waals surface area contributed by atoms with E-state index in [1.54, 1.807) is 0 Å². The van der Waals surface area contributed by atoms with Crippen LogP contribution < -0.4 is 5.32 Å². The molecule has 0 radical (unpaired) electrons. The van der Waals surface area contributed by atoms with Crippen LogP contribution in [-0.4, -0.2) is 27.9 Å². The van der Waals surface area contributed by atoms with Crippen LogP contribution in [0.25, 0.3) is 11.5 Å². The molecule has 0 saturated carbocycles. The highest BCUT2D eigenvalue weighted by molar-refractivity contribution is 7.99. The third kappa shape index (κ3) is 4.87. The molecule has 118 valence electrons. The molecule has 1 heterocycles. The van der Waals surface area contributed by atoms with Crippen molar-refractivity contribution in [3.05, 3.63) is 29.8 Å². The molecule has 0 saturated heterocycles. The standard InChI is InChI=1S/C16H21N3O2S/c1-4-5-12(3)17-14(20)10-22-16-19-18-15(21-16)13-8-6-11(2)7-9-13/h6-9,12H,4-5,10H2,1-3H3,(H,17,20). The highest BCUT2D eigenvalue weighted by Crippen LogP contribution is 2.23. The lowest BCUT2D eigenvalue weighted by Crippen LogP contribution is -2.33. The SMILES string of the molecule is CCCC(C)NC(=O)CSc1nnc(-c2ccc(C)cc2)o1. The molecule has 0 aliphatic heterocycles. The Kier molecular flexibility index (Phi) is 6.00. The number of amides is 1. The summed E-state index contributed by atoms with van der Waals surface area (Å²) < 4.78 is 5.57. The molecule has 22 heavy (non-hydrogen) atoms. The van der Waals surface area contributed by atoms with Gasteiger partial charge >= 0.3 is 0 Å². The van der Waals surface area contributed by atoms with Crippen LogP contribution in [0, 0.1) is 6.92 Å². The first-order valence-corrected chi connectivity index (χ1v) is 8.39. The number of aryl methyl sites for hydroxylation is 1. The van der Waals surface area contributed by atoms with E-state index in [4.69, 9.17) is 4.42 Å². The molecule has 2 aromatic rings. The number of thioether (sulfide) groups is 1. The van der Waals surface area contributed by atoms with Crippen molar-refractivity contribution in [3.8, 4) is 11.5 Å². The van der Waals surface area contributed by atoms with E-state index in [2.05, 4.69) is 22.4 Å². The zero-order valence-electron chi connectivity index (χ0n) is 13.1. The van der Waals surface area contributed by atoms with E-state index in [0.717, 1.165) is 18.4 Å². The molecule has 0 aliphatic carbocycles. The van der Waals surface area contributed by atoms with Crippen molar-refractivity contribution >= 4 is 17.7 Å². The first kappa shape index (κ1) is 16.5. The van der Waals surface area contributed by atoms with E-state index in [1.165, 1.54) is 17.3 Å². The lowest BCUT2D eigenvalue weighted by molar-refractivity contribution is -0.119. The number of carbonyl (C=O) groups excluding carboxylic acids is 1. The topological polar surface area (TPSA) is 68.0 Å². The van der Waals surface area contributed by atoms with Gasteiger partial charge in [0, 0.05) is 11.6 Å². The molecule has 2 rings (SSSR count). The molecule has 0 bridgehead atoms. The summed E-state index contributed by atoms with van der Waals surface area (Å²) in [6, 6.07) is 8.07. The van der Waals surface area contributed by atoms with Gasteiger partial charge < -0.3 is 9.73 Å². The van der Waals surface area contributed by atoms with Gasteiger partial charge in [-0.25, -0.2) is 0 Å². The molecule has 0 spiro atoms. The lowest BCUT2D eigenvalue weighted by Gasteiger charge is -2.11. The van der Waals surface area contributed by atoms with E-state index in [1.807, 2.05) is 38.1 Å². The maximum atomic E-state index is 11.8. The van der Waals surface area contributed by atoms with Crippen LogP contribution >= 0.6 is 11.8 Å². The second kappa shape index (κ2) is 7.98. The first-order chi connectivity index (χ1) is 10.6. The molecule has 0 aliphatic rings. The van der Waals surface area contributed by atoms with Gasteiger partial charge in [-0.15, -0.1) is 10.2 Å². The number of nitrogens with zero attached hydrogens (tertiary/aromatic N) is 2. The number of hydrogen-bond acceptors (Lipinski definition) is 5. The summed E-state index contributed by atoms with van der Waals surface area (Å²) in [6.45, 7) is 6.13. The zero-order chi connectivity index (χ0) is 15.9. The molecule has 1 atom stereocenters. The van der Waals surface area contributed by atoms with Gasteiger partial charge in [-0.3, -0.25) is 4.79 Å². The molecule has 5 nitrogen and oxygen atoms in total. The van der Waals surface area contributed by atoms with E-state index >= 15 is 0 Å². The minimum atomic E-state index is -0.0129. The van der Waals surface area contributed by atoms with Crippen molar-refractivity contribution in [3.63, 3.8) is 0 Å². The molecular formula is C16H21N3O2S. The van der Waals surface area contributed by atoms with Gasteiger partial charge in [0.05, 0.1) is 5.75 Å². The predicted molar refractivity (Wildman–Crippen MR) is 87.7 cm³/mol. The first-order valence-electron chi connectivity index (χ1n) is 7.41. The van der Waals surface area contributed by atoms with Gasteiger partial charge in [-0.05, 0) is 32.4 Å². The quantitative estimate of drug-likeness (QED) is 0.792. The molecule has 1 aromatic heterocycles. The van der Waals surface area contributed by atoms with Crippen molar-refractivity contribution in [1.82, 2.24) is 15.5 Å². The monoisotopic (exact) mass is 319 g/mol. The van der Waals surface area contributed by atoms with E-state index in [-0.39, 0.29) is 17.7 Å². The second-order valence-corrected chi connectivity index (χ2v) is 6.21. The molecule has 1 amide bonds. The van der Waals surface area contributed by atoms with Crippen molar-refractivity contribution in [1.29, 1.82) is 0 Å². The Morgan fingerprint density at radius 3 is 2.73 bits per heavy atom. The summed E-state index contributed by atoms with van der Waals surface area (Å²) >= 11 is 1.25. The summed E-state index contributed by atoms with van der Waals surface area (Å²) in [5.74, 6) is 0.743. The summed E-state index contributed by atoms with van der Waals surface area (Å²) in [6.07, 6.45) is 2.03. The Morgan fingerprint density at radius 1 is 1.32 bits per heavy atom. The fourth-order valence-electron chi connectivity index (χ4n) is 2.03. The van der Waals surface area contributed by atoms with Crippen LogP contribution in [0.2, 0.25) is 0 Å². The van der Waals surface area contributed by atoms with Crippen molar-refractivity contribution in [2.24, 2.45) is 0 Å². The zero-order valence-corrected chi connectivity index (χ0v) is 13.9. The summed E-state index contributed by atoms with van der Waals surface area (Å²) in [4.78, 5) is 11.8. The normalized spacial score (nSPS) is 12.1. The number of benzene rings is 1. The van der Waals surface area contributed by atoms with Crippen LogP contribution in [0.3, 0.4) is 0 Å². The molecule has 1 aromatic carbocycles. The second-order valence-electron chi connectivity index (χ2n) is 5.29. The fourth-order valence-corrected chi connectivity index (χ4v) is 2.60. The number of carbonyl (C=O) groups is 1. The Bertz CT molecular complexity index is 610. The summed E-state index contributed by atoms with van der Waals surface area (Å²) in [7, 11) is 0. The maximum Gasteiger partial charge on any atom is 0.277 e. The average Bonchev–Trinajstić information content (AvgIpc) is 2.95. The van der Waals surface area contributed by atoms with Gasteiger partial charge in [-0.1, -0.05) is 42.8 Å². The van der Waals surface area contributed by atoms with Crippen molar-refractivity contribution in [2.45, 2.75) is 44.9 Å². The Balaban J connectivity index is 1.87. The van der Waals surface area contributed by atoms with E-state index < -0.39 is 0 Å². The van der Waals surface area contributed by atoms with E-state index in [9.17, 15) is 4.79 Å². The van der Waals surface area contributed by atoms with Gasteiger partial charge in [-0.2, -0.15) is 0 Å². The smallest absolute Gasteiger partial charge is 0.277 e. The van der Waals surface area contributed by atoms with Gasteiger partial charge in [0.1, 0.15) is 0 Å². The molecule has 0 fully saturated rings. The fraction of sp³-hybridized carbons (Fsp3) is 0.438. The maximum absolute atomic E-state index is 11.8. The highest BCUT2D eigenvalue weighted by atomic mass is 32.2. The summed E-state index contributed by atoms with van der Waals surface area (Å²) in [5, 5.41) is 11.3. The molecule has 1 N–H and O–H groups in total.